The predicted molar refractivity (Wildman–Crippen MR) is 107 cm³/mol. The van der Waals surface area contributed by atoms with Crippen LogP contribution in [0, 0.1) is 6.92 Å². The number of carbonyl (C=O) groups is 1. The average Bonchev–Trinajstić information content (AvgIpc) is 2.63. The summed E-state index contributed by atoms with van der Waals surface area (Å²) in [6.45, 7) is 3.05. The van der Waals surface area contributed by atoms with Crippen LogP contribution in [-0.2, 0) is 14.8 Å². The van der Waals surface area contributed by atoms with Crippen LogP contribution in [0.4, 0.5) is 11.4 Å². The molecule has 27 heavy (non-hydrogen) atoms. The van der Waals surface area contributed by atoms with Gasteiger partial charge in [-0.25, -0.2) is 8.42 Å². The van der Waals surface area contributed by atoms with Gasteiger partial charge in [0.15, 0.2) is 0 Å². The van der Waals surface area contributed by atoms with Gasteiger partial charge in [-0.2, -0.15) is 0 Å². The zero-order chi connectivity index (χ0) is 19.4. The Balaban J connectivity index is 1.77. The molecule has 0 radical (unpaired) electrons. The lowest BCUT2D eigenvalue weighted by molar-refractivity contribution is 0.0875. The summed E-state index contributed by atoms with van der Waals surface area (Å²) >= 11 is 0. The van der Waals surface area contributed by atoms with Crippen molar-refractivity contribution in [2.75, 3.05) is 29.1 Å². The van der Waals surface area contributed by atoms with Crippen LogP contribution in [0.2, 0.25) is 0 Å². The normalized spacial score (nSPS) is 15.3. The molecule has 0 bridgehead atoms. The van der Waals surface area contributed by atoms with Gasteiger partial charge in [0, 0.05) is 30.5 Å². The second-order valence-electron chi connectivity index (χ2n) is 6.77. The molecule has 1 amide bonds. The number of carbonyl (C=O) groups excluding carboxylic acids is 1. The lowest BCUT2D eigenvalue weighted by atomic mass is 10.1. The standard InChI is InChI=1S/C20H24N2O4S/c1-15-4-3-5-16(14-15)20(23)21-17-6-8-18(9-7-17)22(27(2,24)25)19-10-12-26-13-11-19/h3-9,14,19H,10-13H2,1-2H3,(H,21,23). The Hall–Kier alpha value is -2.38. The summed E-state index contributed by atoms with van der Waals surface area (Å²) in [5, 5.41) is 2.84. The predicted octanol–water partition coefficient (Wildman–Crippen LogP) is 3.19. The minimum atomic E-state index is -3.41. The Morgan fingerprint density at radius 3 is 2.37 bits per heavy atom. The quantitative estimate of drug-likeness (QED) is 0.853. The fourth-order valence-corrected chi connectivity index (χ4v) is 4.53. The second kappa shape index (κ2) is 8.10. The summed E-state index contributed by atoms with van der Waals surface area (Å²) in [4.78, 5) is 12.4. The SMILES string of the molecule is Cc1cccc(C(=O)Nc2ccc(N(C3CCOCC3)S(C)(=O)=O)cc2)c1. The topological polar surface area (TPSA) is 75.7 Å². The van der Waals surface area contributed by atoms with Crippen LogP contribution >= 0.6 is 0 Å². The third-order valence-corrected chi connectivity index (χ3v) is 5.76. The third kappa shape index (κ3) is 4.87. The maximum absolute atomic E-state index is 12.4. The molecule has 3 rings (SSSR count). The number of hydrogen-bond acceptors (Lipinski definition) is 4. The molecule has 0 saturated carbocycles. The van der Waals surface area contributed by atoms with Crippen LogP contribution in [0.15, 0.2) is 48.5 Å². The van der Waals surface area contributed by atoms with Crippen LogP contribution in [-0.4, -0.2) is 39.8 Å². The van der Waals surface area contributed by atoms with Gasteiger partial charge in [-0.05, 0) is 56.2 Å². The molecule has 0 aromatic heterocycles. The van der Waals surface area contributed by atoms with Gasteiger partial charge in [0.05, 0.1) is 11.9 Å². The molecular formula is C20H24N2O4S. The molecule has 6 nitrogen and oxygen atoms in total. The Labute approximate surface area is 160 Å². The molecule has 2 aromatic carbocycles. The Bertz CT molecular complexity index is 904. The van der Waals surface area contributed by atoms with Crippen LogP contribution in [0.5, 0.6) is 0 Å². The van der Waals surface area contributed by atoms with Crippen molar-refractivity contribution < 1.29 is 17.9 Å². The Morgan fingerprint density at radius 1 is 1.11 bits per heavy atom. The fraction of sp³-hybridized carbons (Fsp3) is 0.350. The number of amides is 1. The number of nitrogens with zero attached hydrogens (tertiary/aromatic N) is 1. The monoisotopic (exact) mass is 388 g/mol. The van der Waals surface area contributed by atoms with Gasteiger partial charge in [0.25, 0.3) is 5.91 Å². The number of ether oxygens (including phenoxy) is 1. The summed E-state index contributed by atoms with van der Waals surface area (Å²) in [7, 11) is -3.41. The Kier molecular flexibility index (Phi) is 5.82. The van der Waals surface area contributed by atoms with E-state index in [9.17, 15) is 13.2 Å². The van der Waals surface area contributed by atoms with E-state index >= 15 is 0 Å². The molecule has 0 aliphatic carbocycles. The zero-order valence-corrected chi connectivity index (χ0v) is 16.3. The third-order valence-electron chi connectivity index (χ3n) is 4.54. The number of hydrogen-bond donors (Lipinski definition) is 1. The molecule has 0 atom stereocenters. The number of anilines is 2. The number of aryl methyl sites for hydroxylation is 1. The van der Waals surface area contributed by atoms with Crippen molar-refractivity contribution in [1.82, 2.24) is 0 Å². The molecule has 0 spiro atoms. The lowest BCUT2D eigenvalue weighted by Crippen LogP contribution is -2.43. The van der Waals surface area contributed by atoms with Gasteiger partial charge in [-0.15, -0.1) is 0 Å². The fourth-order valence-electron chi connectivity index (χ4n) is 3.27. The van der Waals surface area contributed by atoms with E-state index < -0.39 is 10.0 Å². The summed E-state index contributed by atoms with van der Waals surface area (Å²) in [5.41, 5.74) is 2.81. The highest BCUT2D eigenvalue weighted by atomic mass is 32.2. The van der Waals surface area contributed by atoms with Crippen molar-refractivity contribution in [2.45, 2.75) is 25.8 Å². The highest BCUT2D eigenvalue weighted by Crippen LogP contribution is 2.27. The maximum Gasteiger partial charge on any atom is 0.255 e. The highest BCUT2D eigenvalue weighted by molar-refractivity contribution is 7.92. The van der Waals surface area contributed by atoms with Gasteiger partial charge in [0.2, 0.25) is 10.0 Å². The largest absolute Gasteiger partial charge is 0.381 e. The molecule has 1 saturated heterocycles. The van der Waals surface area contributed by atoms with Gasteiger partial charge in [0.1, 0.15) is 0 Å². The molecule has 1 N–H and O–H groups in total. The second-order valence-corrected chi connectivity index (χ2v) is 8.63. The van der Waals surface area contributed by atoms with Crippen LogP contribution in [0.25, 0.3) is 0 Å². The molecule has 0 unspecified atom stereocenters. The van der Waals surface area contributed by atoms with E-state index in [4.69, 9.17) is 4.74 Å². The molecule has 1 aliphatic heterocycles. The van der Waals surface area contributed by atoms with E-state index in [1.54, 1.807) is 30.3 Å². The van der Waals surface area contributed by atoms with Gasteiger partial charge < -0.3 is 10.1 Å². The number of rotatable bonds is 5. The van der Waals surface area contributed by atoms with E-state index in [2.05, 4.69) is 5.32 Å². The first-order valence-electron chi connectivity index (χ1n) is 8.90. The van der Waals surface area contributed by atoms with Crippen molar-refractivity contribution in [1.29, 1.82) is 0 Å². The molecule has 2 aromatic rings. The minimum absolute atomic E-state index is 0.110. The van der Waals surface area contributed by atoms with E-state index in [0.717, 1.165) is 5.56 Å². The molecule has 144 valence electrons. The molecule has 1 heterocycles. The summed E-state index contributed by atoms with van der Waals surface area (Å²) in [5.74, 6) is -0.198. The number of nitrogens with one attached hydrogen (secondary N) is 1. The van der Waals surface area contributed by atoms with Crippen LogP contribution < -0.4 is 9.62 Å². The average molecular weight is 388 g/mol. The van der Waals surface area contributed by atoms with E-state index in [1.165, 1.54) is 10.6 Å². The van der Waals surface area contributed by atoms with Crippen molar-refractivity contribution in [2.24, 2.45) is 0 Å². The first-order valence-corrected chi connectivity index (χ1v) is 10.7. The van der Waals surface area contributed by atoms with Crippen molar-refractivity contribution in [3.05, 3.63) is 59.7 Å². The van der Waals surface area contributed by atoms with Crippen molar-refractivity contribution >= 4 is 27.3 Å². The summed E-state index contributed by atoms with van der Waals surface area (Å²) in [6.07, 6.45) is 2.55. The maximum atomic E-state index is 12.4. The smallest absolute Gasteiger partial charge is 0.255 e. The highest BCUT2D eigenvalue weighted by Gasteiger charge is 2.28. The first kappa shape index (κ1) is 19.4. The number of sulfonamides is 1. The van der Waals surface area contributed by atoms with Crippen LogP contribution in [0.3, 0.4) is 0 Å². The Morgan fingerprint density at radius 2 is 1.78 bits per heavy atom. The summed E-state index contributed by atoms with van der Waals surface area (Å²) in [6, 6.07) is 14.1. The lowest BCUT2D eigenvalue weighted by Gasteiger charge is -2.34. The van der Waals surface area contributed by atoms with Gasteiger partial charge in [-0.1, -0.05) is 17.7 Å². The molecule has 7 heteroatoms. The number of benzene rings is 2. The first-order chi connectivity index (χ1) is 12.8. The van der Waals surface area contributed by atoms with Crippen molar-refractivity contribution in [3.8, 4) is 0 Å². The minimum Gasteiger partial charge on any atom is -0.381 e. The molecule has 1 aliphatic rings. The zero-order valence-electron chi connectivity index (χ0n) is 15.5. The molecule has 1 fully saturated rings. The van der Waals surface area contributed by atoms with Crippen molar-refractivity contribution in [3.63, 3.8) is 0 Å². The van der Waals surface area contributed by atoms with Gasteiger partial charge >= 0.3 is 0 Å². The molecular weight excluding hydrogens is 364 g/mol. The summed E-state index contributed by atoms with van der Waals surface area (Å²) < 4.78 is 31.5. The van der Waals surface area contributed by atoms with Crippen LogP contribution in [0.1, 0.15) is 28.8 Å². The van der Waals surface area contributed by atoms with Gasteiger partial charge in [-0.3, -0.25) is 9.10 Å². The van der Waals surface area contributed by atoms with E-state index in [1.807, 2.05) is 25.1 Å². The van der Waals surface area contributed by atoms with E-state index in [0.29, 0.717) is 43.0 Å². The van der Waals surface area contributed by atoms with E-state index in [-0.39, 0.29) is 11.9 Å².